The second-order valence-corrected chi connectivity index (χ2v) is 5.31. The zero-order valence-electron chi connectivity index (χ0n) is 10.5. The minimum absolute atomic E-state index is 0.0177. The van der Waals surface area contributed by atoms with Gasteiger partial charge in [-0.15, -0.1) is 0 Å². The van der Waals surface area contributed by atoms with Crippen molar-refractivity contribution in [2.45, 2.75) is 6.92 Å². The molecule has 0 spiro atoms. The van der Waals surface area contributed by atoms with E-state index >= 15 is 0 Å². The van der Waals surface area contributed by atoms with Crippen LogP contribution in [-0.2, 0) is 0 Å². The molecule has 6 heteroatoms. The number of fused-ring (bicyclic) bond motifs is 1. The number of nitrogens with two attached hydrogens (primary N) is 1. The average molecular weight is 310 g/mol. The fourth-order valence-corrected chi connectivity index (χ4v) is 2.42. The van der Waals surface area contributed by atoms with Crippen molar-refractivity contribution in [3.8, 4) is 5.69 Å². The van der Waals surface area contributed by atoms with Crippen LogP contribution in [0.5, 0.6) is 0 Å². The second kappa shape index (κ2) is 4.65. The van der Waals surface area contributed by atoms with Crippen LogP contribution in [0.1, 0.15) is 5.56 Å². The van der Waals surface area contributed by atoms with E-state index in [9.17, 15) is 4.39 Å². The molecule has 3 aromatic rings. The second-order valence-electron chi connectivity index (χ2n) is 4.49. The highest BCUT2D eigenvalue weighted by Crippen LogP contribution is 2.29. The van der Waals surface area contributed by atoms with Crippen molar-refractivity contribution < 1.29 is 4.39 Å². The van der Waals surface area contributed by atoms with Crippen LogP contribution < -0.4 is 5.73 Å². The van der Waals surface area contributed by atoms with Crippen LogP contribution in [0.3, 0.4) is 0 Å². The van der Waals surface area contributed by atoms with Crippen LogP contribution in [0.25, 0.3) is 16.7 Å². The molecule has 0 amide bonds. The summed E-state index contributed by atoms with van der Waals surface area (Å²) in [6.45, 7) is 1.90. The van der Waals surface area contributed by atoms with Gasteiger partial charge in [-0.3, -0.25) is 4.57 Å². The lowest BCUT2D eigenvalue weighted by atomic mass is 10.2. The van der Waals surface area contributed by atoms with Gasteiger partial charge < -0.3 is 5.73 Å². The van der Waals surface area contributed by atoms with Crippen LogP contribution in [-0.4, -0.2) is 9.55 Å². The minimum atomic E-state index is -0.515. The number of aryl methyl sites for hydroxylation is 1. The fourth-order valence-electron chi connectivity index (χ4n) is 2.08. The van der Waals surface area contributed by atoms with E-state index in [1.54, 1.807) is 10.6 Å². The number of benzene rings is 2. The lowest BCUT2D eigenvalue weighted by Crippen LogP contribution is -2.01. The van der Waals surface area contributed by atoms with Crippen LogP contribution >= 0.6 is 23.2 Å². The highest BCUT2D eigenvalue weighted by molar-refractivity contribution is 6.31. The van der Waals surface area contributed by atoms with E-state index in [1.807, 2.05) is 19.1 Å². The maximum atomic E-state index is 13.7. The highest BCUT2D eigenvalue weighted by Gasteiger charge is 2.13. The lowest BCUT2D eigenvalue weighted by Gasteiger charge is -2.08. The Labute approximate surface area is 124 Å². The van der Waals surface area contributed by atoms with Crippen molar-refractivity contribution in [1.29, 1.82) is 0 Å². The van der Waals surface area contributed by atoms with Gasteiger partial charge in [0, 0.05) is 11.1 Å². The quantitative estimate of drug-likeness (QED) is 0.725. The fraction of sp³-hybridized carbons (Fsp3) is 0.0714. The summed E-state index contributed by atoms with van der Waals surface area (Å²) in [7, 11) is 0. The summed E-state index contributed by atoms with van der Waals surface area (Å²) in [5, 5.41) is 0.627. The van der Waals surface area contributed by atoms with E-state index in [1.165, 1.54) is 12.1 Å². The first-order chi connectivity index (χ1) is 9.47. The van der Waals surface area contributed by atoms with Crippen molar-refractivity contribution in [2.24, 2.45) is 0 Å². The van der Waals surface area contributed by atoms with Crippen LogP contribution in [0, 0.1) is 12.7 Å². The molecule has 2 aromatic carbocycles. The molecule has 0 bridgehead atoms. The third-order valence-electron chi connectivity index (χ3n) is 3.14. The smallest absolute Gasteiger partial charge is 0.205 e. The first kappa shape index (κ1) is 13.2. The number of imidazole rings is 1. The Bertz CT molecular complexity index is 827. The van der Waals surface area contributed by atoms with E-state index < -0.39 is 5.82 Å². The molecule has 0 aliphatic carbocycles. The molecular formula is C14H10Cl2FN3. The van der Waals surface area contributed by atoms with Crippen molar-refractivity contribution >= 4 is 40.2 Å². The zero-order valence-corrected chi connectivity index (χ0v) is 12.0. The van der Waals surface area contributed by atoms with Crippen molar-refractivity contribution in [3.05, 3.63) is 51.8 Å². The summed E-state index contributed by atoms with van der Waals surface area (Å²) >= 11 is 11.9. The van der Waals surface area contributed by atoms with Gasteiger partial charge in [-0.2, -0.15) is 0 Å². The van der Waals surface area contributed by atoms with Gasteiger partial charge in [-0.25, -0.2) is 9.37 Å². The number of hydrogen-bond acceptors (Lipinski definition) is 2. The number of rotatable bonds is 1. The molecule has 3 rings (SSSR count). The van der Waals surface area contributed by atoms with Gasteiger partial charge in [0.15, 0.2) is 0 Å². The topological polar surface area (TPSA) is 43.8 Å². The summed E-state index contributed by atoms with van der Waals surface area (Å²) in [5.41, 5.74) is 8.67. The summed E-state index contributed by atoms with van der Waals surface area (Å²) < 4.78 is 15.3. The number of hydrogen-bond donors (Lipinski definition) is 1. The average Bonchev–Trinajstić information content (AvgIpc) is 2.69. The van der Waals surface area contributed by atoms with Crippen molar-refractivity contribution in [1.82, 2.24) is 9.55 Å². The standard InChI is InChI=1S/C14H10Cl2FN3/c1-7-2-3-8(4-9(7)15)20-13-6-11(17)10(16)5-12(13)19-14(20)18/h2-6H,1H3,(H2,18,19). The monoisotopic (exact) mass is 309 g/mol. The molecular weight excluding hydrogens is 300 g/mol. The molecule has 0 aliphatic heterocycles. The van der Waals surface area contributed by atoms with Gasteiger partial charge in [-0.05, 0) is 30.7 Å². The molecule has 1 heterocycles. The SMILES string of the molecule is Cc1ccc(-n2c(N)nc3cc(Cl)c(F)cc32)cc1Cl. The molecule has 0 aliphatic rings. The number of anilines is 1. The largest absolute Gasteiger partial charge is 0.369 e. The van der Waals surface area contributed by atoms with Gasteiger partial charge in [0.05, 0.1) is 21.7 Å². The molecule has 0 radical (unpaired) electrons. The predicted octanol–water partition coefficient (Wildman–Crippen LogP) is 4.36. The molecule has 0 fully saturated rings. The van der Waals surface area contributed by atoms with Crippen molar-refractivity contribution in [2.75, 3.05) is 5.73 Å². The molecule has 0 unspecified atom stereocenters. The van der Waals surface area contributed by atoms with Gasteiger partial charge >= 0.3 is 0 Å². The lowest BCUT2D eigenvalue weighted by molar-refractivity contribution is 0.629. The Kier molecular flexibility index (Phi) is 3.07. The molecule has 20 heavy (non-hydrogen) atoms. The predicted molar refractivity (Wildman–Crippen MR) is 80.2 cm³/mol. The van der Waals surface area contributed by atoms with E-state index in [4.69, 9.17) is 28.9 Å². The van der Waals surface area contributed by atoms with Crippen molar-refractivity contribution in [3.63, 3.8) is 0 Å². The van der Waals surface area contributed by atoms with Crippen LogP contribution in [0.15, 0.2) is 30.3 Å². The van der Waals surface area contributed by atoms with Crippen LogP contribution in [0.2, 0.25) is 10.0 Å². The number of halogens is 3. The number of nitrogens with zero attached hydrogens (tertiary/aromatic N) is 2. The summed E-state index contributed by atoms with van der Waals surface area (Å²) in [6, 6.07) is 8.25. The summed E-state index contributed by atoms with van der Waals surface area (Å²) in [5.74, 6) is -0.264. The van der Waals surface area contributed by atoms with Gasteiger partial charge in [0.25, 0.3) is 0 Å². The van der Waals surface area contributed by atoms with E-state index in [2.05, 4.69) is 4.98 Å². The first-order valence-corrected chi connectivity index (χ1v) is 6.62. The Hall–Kier alpha value is -1.78. The molecule has 1 aromatic heterocycles. The summed E-state index contributed by atoms with van der Waals surface area (Å²) in [6.07, 6.45) is 0. The van der Waals surface area contributed by atoms with Gasteiger partial charge in [0.2, 0.25) is 5.95 Å². The molecule has 0 saturated carbocycles. The minimum Gasteiger partial charge on any atom is -0.369 e. The normalized spacial score (nSPS) is 11.2. The van der Waals surface area contributed by atoms with Gasteiger partial charge in [0.1, 0.15) is 5.82 Å². The third kappa shape index (κ3) is 2.01. The molecule has 2 N–H and O–H groups in total. The first-order valence-electron chi connectivity index (χ1n) is 5.87. The Morgan fingerprint density at radius 2 is 1.90 bits per heavy atom. The van der Waals surface area contributed by atoms with E-state index in [0.29, 0.717) is 16.1 Å². The Morgan fingerprint density at radius 1 is 1.15 bits per heavy atom. The molecule has 0 atom stereocenters. The molecule has 102 valence electrons. The highest BCUT2D eigenvalue weighted by atomic mass is 35.5. The molecule has 0 saturated heterocycles. The Morgan fingerprint density at radius 3 is 2.60 bits per heavy atom. The maximum absolute atomic E-state index is 13.7. The maximum Gasteiger partial charge on any atom is 0.205 e. The van der Waals surface area contributed by atoms with Crippen LogP contribution in [0.4, 0.5) is 10.3 Å². The zero-order chi connectivity index (χ0) is 14.4. The van der Waals surface area contributed by atoms with E-state index in [0.717, 1.165) is 11.3 Å². The molecule has 3 nitrogen and oxygen atoms in total. The third-order valence-corrected chi connectivity index (χ3v) is 3.83. The Balaban J connectivity index is 2.32. The summed E-state index contributed by atoms with van der Waals surface area (Å²) in [4.78, 5) is 4.19. The van der Waals surface area contributed by atoms with E-state index in [-0.39, 0.29) is 11.0 Å². The number of aromatic nitrogens is 2. The number of nitrogen functional groups attached to an aromatic ring is 1. The van der Waals surface area contributed by atoms with Gasteiger partial charge in [-0.1, -0.05) is 29.3 Å².